The molecule has 0 saturated carbocycles. The Morgan fingerprint density at radius 3 is 2.36 bits per heavy atom. The van der Waals surface area contributed by atoms with Crippen LogP contribution in [0.15, 0.2) is 94.8 Å². The van der Waals surface area contributed by atoms with Gasteiger partial charge in [-0.05, 0) is 92.6 Å². The number of amides is 1. The quantitative estimate of drug-likeness (QED) is 0.339. The van der Waals surface area contributed by atoms with E-state index in [4.69, 9.17) is 4.99 Å². The van der Waals surface area contributed by atoms with Crippen molar-refractivity contribution in [2.24, 2.45) is 4.99 Å². The van der Waals surface area contributed by atoms with Gasteiger partial charge in [-0.1, -0.05) is 55.5 Å². The number of rotatable bonds is 5. The van der Waals surface area contributed by atoms with Crippen LogP contribution in [0.4, 0.5) is 17.1 Å². The van der Waals surface area contributed by atoms with Crippen LogP contribution in [0.5, 0.6) is 0 Å². The second kappa shape index (κ2) is 9.82. The lowest BCUT2D eigenvalue weighted by Crippen LogP contribution is -2.45. The molecule has 36 heavy (non-hydrogen) atoms. The van der Waals surface area contributed by atoms with E-state index in [9.17, 15) is 4.79 Å². The third kappa shape index (κ3) is 4.63. The van der Waals surface area contributed by atoms with Crippen LogP contribution in [0.25, 0.3) is 11.6 Å². The zero-order valence-electron chi connectivity index (χ0n) is 21.2. The maximum Gasteiger partial charge on any atom is 0.271 e. The van der Waals surface area contributed by atoms with E-state index in [1.165, 1.54) is 28.6 Å². The van der Waals surface area contributed by atoms with E-state index in [0.29, 0.717) is 10.1 Å². The van der Waals surface area contributed by atoms with E-state index in [2.05, 4.69) is 56.9 Å². The van der Waals surface area contributed by atoms with Gasteiger partial charge < -0.3 is 4.90 Å². The van der Waals surface area contributed by atoms with Crippen molar-refractivity contribution in [1.82, 2.24) is 0 Å². The van der Waals surface area contributed by atoms with Gasteiger partial charge in [-0.15, -0.1) is 0 Å². The van der Waals surface area contributed by atoms with Gasteiger partial charge in [0.2, 0.25) is 0 Å². The van der Waals surface area contributed by atoms with Crippen LogP contribution in [-0.2, 0) is 4.79 Å². The molecular formula is C31H31N3OS. The third-order valence-corrected chi connectivity index (χ3v) is 7.52. The molecule has 2 aliphatic rings. The van der Waals surface area contributed by atoms with Crippen molar-refractivity contribution in [3.63, 3.8) is 0 Å². The number of hydrogen-bond acceptors (Lipinski definition) is 4. The number of benzene rings is 3. The van der Waals surface area contributed by atoms with Gasteiger partial charge in [0.1, 0.15) is 0 Å². The number of aliphatic imine (C=N–C) groups is 1. The van der Waals surface area contributed by atoms with Crippen molar-refractivity contribution in [2.45, 2.75) is 39.7 Å². The topological polar surface area (TPSA) is 35.9 Å². The highest BCUT2D eigenvalue weighted by Crippen LogP contribution is 2.41. The molecule has 4 nitrogen and oxygen atoms in total. The minimum absolute atomic E-state index is 0.0245. The Kier molecular flexibility index (Phi) is 6.59. The summed E-state index contributed by atoms with van der Waals surface area (Å²) in [7, 11) is 0. The Hall–Kier alpha value is -3.57. The summed E-state index contributed by atoms with van der Waals surface area (Å²) in [6.45, 7) is 9.94. The van der Waals surface area contributed by atoms with Crippen molar-refractivity contribution >= 4 is 51.5 Å². The first-order chi connectivity index (χ1) is 17.4. The molecule has 5 heteroatoms. The van der Waals surface area contributed by atoms with Crippen LogP contribution in [0.3, 0.4) is 0 Å². The van der Waals surface area contributed by atoms with Crippen molar-refractivity contribution in [3.8, 4) is 0 Å². The number of hydrogen-bond donors (Lipinski definition) is 0. The monoisotopic (exact) mass is 493 g/mol. The maximum absolute atomic E-state index is 13.6. The summed E-state index contributed by atoms with van der Waals surface area (Å²) in [6, 6.07) is 26.0. The number of anilines is 2. The molecule has 1 saturated heterocycles. The highest BCUT2D eigenvalue weighted by atomic mass is 32.2. The summed E-state index contributed by atoms with van der Waals surface area (Å²) >= 11 is 1.42. The second-order valence-corrected chi connectivity index (χ2v) is 10.7. The van der Waals surface area contributed by atoms with Crippen molar-refractivity contribution in [2.75, 3.05) is 16.3 Å². The first-order valence-electron chi connectivity index (χ1n) is 12.4. The summed E-state index contributed by atoms with van der Waals surface area (Å²) < 4.78 is 0. The highest BCUT2D eigenvalue weighted by molar-refractivity contribution is 8.19. The summed E-state index contributed by atoms with van der Waals surface area (Å²) in [4.78, 5) is 23.3. The van der Waals surface area contributed by atoms with Crippen molar-refractivity contribution in [3.05, 3.63) is 101 Å². The van der Waals surface area contributed by atoms with Crippen molar-refractivity contribution < 1.29 is 4.79 Å². The molecule has 0 aliphatic carbocycles. The molecule has 2 heterocycles. The first kappa shape index (κ1) is 24.1. The molecule has 5 rings (SSSR count). The van der Waals surface area contributed by atoms with Gasteiger partial charge in [0.15, 0.2) is 5.17 Å². The van der Waals surface area contributed by atoms with Gasteiger partial charge in [-0.2, -0.15) is 0 Å². The van der Waals surface area contributed by atoms with E-state index in [-0.39, 0.29) is 11.4 Å². The average Bonchev–Trinajstić information content (AvgIpc) is 3.17. The van der Waals surface area contributed by atoms with E-state index < -0.39 is 0 Å². The van der Waals surface area contributed by atoms with Crippen molar-refractivity contribution in [1.29, 1.82) is 0 Å². The molecule has 1 fully saturated rings. The summed E-state index contributed by atoms with van der Waals surface area (Å²) in [5.74, 6) is -0.0559. The van der Waals surface area contributed by atoms with Crippen LogP contribution in [0.2, 0.25) is 0 Å². The molecule has 1 amide bonds. The fourth-order valence-electron chi connectivity index (χ4n) is 4.94. The number of thioether (sulfide) groups is 1. The Bertz CT molecular complexity index is 1370. The summed E-state index contributed by atoms with van der Waals surface area (Å²) in [6.07, 6.45) is 5.43. The SMILES string of the molecule is CCCN1c2ccc(/C=C3/SC(=Nc4ccccc4)N(c4ccccc4)C3=O)cc2C(C)=CC1(C)C. The molecule has 2 aliphatic heterocycles. The fourth-order valence-corrected chi connectivity index (χ4v) is 5.94. The van der Waals surface area contributed by atoms with Crippen LogP contribution in [0, 0.1) is 0 Å². The number of carbonyl (C=O) groups excluding carboxylic acids is 1. The second-order valence-electron chi connectivity index (χ2n) is 9.73. The number of fused-ring (bicyclic) bond motifs is 1. The van der Waals surface area contributed by atoms with Gasteiger partial charge in [0.25, 0.3) is 5.91 Å². The largest absolute Gasteiger partial charge is 0.362 e. The van der Waals surface area contributed by atoms with E-state index >= 15 is 0 Å². The Balaban J connectivity index is 1.54. The molecule has 0 atom stereocenters. The predicted molar refractivity (Wildman–Crippen MR) is 155 cm³/mol. The number of para-hydroxylation sites is 2. The molecule has 0 unspecified atom stereocenters. The Labute approximate surface area is 218 Å². The van der Waals surface area contributed by atoms with Gasteiger partial charge in [0.05, 0.1) is 21.8 Å². The summed E-state index contributed by atoms with van der Waals surface area (Å²) in [5.41, 5.74) is 6.38. The molecule has 0 spiro atoms. The molecule has 3 aromatic carbocycles. The number of allylic oxidation sites excluding steroid dienone is 1. The Morgan fingerprint density at radius 1 is 0.972 bits per heavy atom. The van der Waals surface area contributed by atoms with E-state index in [1.54, 1.807) is 4.90 Å². The first-order valence-corrected chi connectivity index (χ1v) is 13.2. The predicted octanol–water partition coefficient (Wildman–Crippen LogP) is 7.91. The van der Waals surface area contributed by atoms with E-state index in [0.717, 1.165) is 29.9 Å². The number of amidine groups is 1. The molecule has 0 bridgehead atoms. The molecule has 0 aromatic heterocycles. The molecule has 0 N–H and O–H groups in total. The molecule has 3 aromatic rings. The lowest BCUT2D eigenvalue weighted by molar-refractivity contribution is -0.113. The van der Waals surface area contributed by atoms with Crippen LogP contribution in [0.1, 0.15) is 45.2 Å². The minimum atomic E-state index is -0.0559. The lowest BCUT2D eigenvalue weighted by atomic mass is 9.88. The van der Waals surface area contributed by atoms with Gasteiger partial charge in [0, 0.05) is 17.8 Å². The molecule has 182 valence electrons. The van der Waals surface area contributed by atoms with Gasteiger partial charge in [-0.3, -0.25) is 9.69 Å². The van der Waals surface area contributed by atoms with Crippen LogP contribution >= 0.6 is 11.8 Å². The summed E-state index contributed by atoms with van der Waals surface area (Å²) in [5, 5.41) is 0.661. The normalized spacial score (nSPS) is 19.1. The number of carbonyl (C=O) groups is 1. The lowest BCUT2D eigenvalue weighted by Gasteiger charge is -2.43. The fraction of sp³-hybridized carbons (Fsp3) is 0.226. The zero-order chi connectivity index (χ0) is 25.3. The maximum atomic E-state index is 13.6. The highest BCUT2D eigenvalue weighted by Gasteiger charge is 2.35. The Morgan fingerprint density at radius 2 is 1.67 bits per heavy atom. The molecular weight excluding hydrogens is 462 g/mol. The van der Waals surface area contributed by atoms with Crippen LogP contribution in [-0.4, -0.2) is 23.2 Å². The van der Waals surface area contributed by atoms with Gasteiger partial charge >= 0.3 is 0 Å². The third-order valence-electron chi connectivity index (χ3n) is 6.55. The zero-order valence-corrected chi connectivity index (χ0v) is 22.0. The van der Waals surface area contributed by atoms with Crippen LogP contribution < -0.4 is 9.80 Å². The van der Waals surface area contributed by atoms with E-state index in [1.807, 2.05) is 66.7 Å². The minimum Gasteiger partial charge on any atom is -0.362 e. The standard InChI is InChI=1S/C31H31N3OS/c1-5-18-33-27-17-16-23(19-26(27)22(2)21-31(33,3)4)20-28-29(35)34(25-14-10-7-11-15-25)30(36-28)32-24-12-8-6-9-13-24/h6-17,19-21H,5,18H2,1-4H3/b28-20+,32-30?. The average molecular weight is 494 g/mol. The molecule has 0 radical (unpaired) electrons. The smallest absolute Gasteiger partial charge is 0.271 e. The number of nitrogens with zero attached hydrogens (tertiary/aromatic N) is 3. The van der Waals surface area contributed by atoms with Gasteiger partial charge in [-0.25, -0.2) is 4.99 Å².